The standard InChI is InChI=1S/C15H23N3O2/c1-4-11-8-9-12(10(11)2)17-14-7-5-6-13(16-3)15(14)18(19)20/h5-7,10-12,16-17H,4,8-9H2,1-3H3. The quantitative estimate of drug-likeness (QED) is 0.633. The van der Waals surface area contributed by atoms with Crippen molar-refractivity contribution in [3.8, 4) is 0 Å². The Morgan fingerprint density at radius 3 is 2.60 bits per heavy atom. The van der Waals surface area contributed by atoms with Gasteiger partial charge in [-0.25, -0.2) is 0 Å². The van der Waals surface area contributed by atoms with Crippen LogP contribution in [0, 0.1) is 22.0 Å². The van der Waals surface area contributed by atoms with Crippen LogP contribution in [0.15, 0.2) is 18.2 Å². The van der Waals surface area contributed by atoms with Crippen LogP contribution >= 0.6 is 0 Å². The Kier molecular flexibility index (Phi) is 4.47. The maximum absolute atomic E-state index is 11.3. The van der Waals surface area contributed by atoms with E-state index in [-0.39, 0.29) is 10.6 Å². The van der Waals surface area contributed by atoms with Gasteiger partial charge < -0.3 is 10.6 Å². The van der Waals surface area contributed by atoms with Crippen molar-refractivity contribution in [2.45, 2.75) is 39.2 Å². The van der Waals surface area contributed by atoms with Gasteiger partial charge in [0.15, 0.2) is 0 Å². The van der Waals surface area contributed by atoms with Crippen LogP contribution in [-0.4, -0.2) is 18.0 Å². The van der Waals surface area contributed by atoms with E-state index in [9.17, 15) is 10.1 Å². The topological polar surface area (TPSA) is 67.2 Å². The summed E-state index contributed by atoms with van der Waals surface area (Å²) in [7, 11) is 1.71. The fraction of sp³-hybridized carbons (Fsp3) is 0.600. The zero-order valence-corrected chi connectivity index (χ0v) is 12.3. The molecule has 2 rings (SSSR count). The number of nitro benzene ring substituents is 1. The van der Waals surface area contributed by atoms with Crippen LogP contribution in [0.3, 0.4) is 0 Å². The van der Waals surface area contributed by atoms with Crippen molar-refractivity contribution in [2.75, 3.05) is 17.7 Å². The highest BCUT2D eigenvalue weighted by molar-refractivity contribution is 5.76. The van der Waals surface area contributed by atoms with Gasteiger partial charge in [0.2, 0.25) is 0 Å². The summed E-state index contributed by atoms with van der Waals surface area (Å²) in [4.78, 5) is 11.0. The van der Waals surface area contributed by atoms with E-state index in [4.69, 9.17) is 0 Å². The minimum atomic E-state index is -0.314. The maximum atomic E-state index is 11.3. The zero-order valence-electron chi connectivity index (χ0n) is 12.3. The second-order valence-electron chi connectivity index (χ2n) is 5.56. The predicted molar refractivity (Wildman–Crippen MR) is 82.2 cm³/mol. The monoisotopic (exact) mass is 277 g/mol. The number of anilines is 2. The molecule has 3 unspecified atom stereocenters. The Labute approximate surface area is 119 Å². The van der Waals surface area contributed by atoms with Crippen molar-refractivity contribution < 1.29 is 4.92 Å². The van der Waals surface area contributed by atoms with Crippen molar-refractivity contribution in [3.05, 3.63) is 28.3 Å². The molecule has 2 N–H and O–H groups in total. The lowest BCUT2D eigenvalue weighted by Gasteiger charge is -2.22. The molecule has 0 amide bonds. The Balaban J connectivity index is 2.24. The molecule has 0 radical (unpaired) electrons. The number of benzene rings is 1. The lowest BCUT2D eigenvalue weighted by molar-refractivity contribution is -0.383. The molecular formula is C15H23N3O2. The summed E-state index contributed by atoms with van der Waals surface area (Å²) in [5.41, 5.74) is 1.32. The van der Waals surface area contributed by atoms with Gasteiger partial charge in [0, 0.05) is 13.1 Å². The van der Waals surface area contributed by atoms with Crippen molar-refractivity contribution in [3.63, 3.8) is 0 Å². The summed E-state index contributed by atoms with van der Waals surface area (Å²) in [6.45, 7) is 4.46. The minimum absolute atomic E-state index is 0.141. The van der Waals surface area contributed by atoms with E-state index < -0.39 is 0 Å². The van der Waals surface area contributed by atoms with Crippen LogP contribution in [0.2, 0.25) is 0 Å². The highest BCUT2D eigenvalue weighted by Crippen LogP contribution is 2.39. The normalized spacial score (nSPS) is 25.4. The average molecular weight is 277 g/mol. The van der Waals surface area contributed by atoms with Gasteiger partial charge in [-0.05, 0) is 36.8 Å². The van der Waals surface area contributed by atoms with Crippen LogP contribution in [0.5, 0.6) is 0 Å². The highest BCUT2D eigenvalue weighted by atomic mass is 16.6. The highest BCUT2D eigenvalue weighted by Gasteiger charge is 2.33. The Morgan fingerprint density at radius 2 is 2.05 bits per heavy atom. The molecule has 0 saturated heterocycles. The van der Waals surface area contributed by atoms with Crippen LogP contribution in [0.25, 0.3) is 0 Å². The Bertz CT molecular complexity index is 490. The molecule has 0 aromatic heterocycles. The zero-order chi connectivity index (χ0) is 14.7. The number of nitrogens with zero attached hydrogens (tertiary/aromatic N) is 1. The van der Waals surface area contributed by atoms with Gasteiger partial charge >= 0.3 is 5.69 Å². The van der Waals surface area contributed by atoms with Gasteiger partial charge in [-0.1, -0.05) is 26.3 Å². The number of nitro groups is 1. The smallest absolute Gasteiger partial charge is 0.315 e. The molecule has 3 atom stereocenters. The van der Waals surface area contributed by atoms with E-state index in [2.05, 4.69) is 24.5 Å². The van der Waals surface area contributed by atoms with Gasteiger partial charge in [-0.3, -0.25) is 10.1 Å². The second kappa shape index (κ2) is 6.11. The first-order valence-corrected chi connectivity index (χ1v) is 7.30. The van der Waals surface area contributed by atoms with Crippen molar-refractivity contribution in [1.29, 1.82) is 0 Å². The van der Waals surface area contributed by atoms with Gasteiger partial charge in [-0.2, -0.15) is 0 Å². The summed E-state index contributed by atoms with van der Waals surface area (Å²) in [6.07, 6.45) is 3.47. The minimum Gasteiger partial charge on any atom is -0.382 e. The number of para-hydroxylation sites is 1. The fourth-order valence-corrected chi connectivity index (χ4v) is 3.29. The summed E-state index contributed by atoms with van der Waals surface area (Å²) in [5.74, 6) is 1.27. The first-order valence-electron chi connectivity index (χ1n) is 7.30. The van der Waals surface area contributed by atoms with Crippen LogP contribution < -0.4 is 10.6 Å². The van der Waals surface area contributed by atoms with Crippen molar-refractivity contribution >= 4 is 17.1 Å². The lowest BCUT2D eigenvalue weighted by Crippen LogP contribution is -2.25. The summed E-state index contributed by atoms with van der Waals surface area (Å²) in [6, 6.07) is 5.70. The maximum Gasteiger partial charge on any atom is 0.315 e. The SMILES string of the molecule is CCC1CCC(Nc2cccc(NC)c2[N+](=O)[O-])C1C. The lowest BCUT2D eigenvalue weighted by atomic mass is 9.93. The molecule has 5 heteroatoms. The van der Waals surface area contributed by atoms with Gasteiger partial charge in [0.05, 0.1) is 4.92 Å². The molecule has 1 aromatic carbocycles. The Morgan fingerprint density at radius 1 is 1.35 bits per heavy atom. The van der Waals surface area contributed by atoms with Crippen LogP contribution in [0.4, 0.5) is 17.1 Å². The summed E-state index contributed by atoms with van der Waals surface area (Å²) >= 11 is 0. The van der Waals surface area contributed by atoms with Gasteiger partial charge in [0.25, 0.3) is 0 Å². The molecule has 5 nitrogen and oxygen atoms in total. The van der Waals surface area contributed by atoms with E-state index in [0.717, 1.165) is 12.3 Å². The molecule has 1 saturated carbocycles. The molecule has 20 heavy (non-hydrogen) atoms. The van der Waals surface area contributed by atoms with Gasteiger partial charge in [-0.15, -0.1) is 0 Å². The first-order chi connectivity index (χ1) is 9.58. The fourth-order valence-electron chi connectivity index (χ4n) is 3.29. The van der Waals surface area contributed by atoms with Crippen molar-refractivity contribution in [1.82, 2.24) is 0 Å². The van der Waals surface area contributed by atoms with E-state index in [0.29, 0.717) is 23.3 Å². The van der Waals surface area contributed by atoms with Crippen LogP contribution in [-0.2, 0) is 0 Å². The third-order valence-corrected chi connectivity index (χ3v) is 4.58. The predicted octanol–water partition coefficient (Wildman–Crippen LogP) is 3.87. The molecule has 1 aliphatic carbocycles. The van der Waals surface area contributed by atoms with Crippen LogP contribution in [0.1, 0.15) is 33.1 Å². The molecule has 1 fully saturated rings. The van der Waals surface area contributed by atoms with Crippen molar-refractivity contribution in [2.24, 2.45) is 11.8 Å². The molecule has 110 valence electrons. The number of rotatable bonds is 5. The Hall–Kier alpha value is -1.78. The number of nitrogens with one attached hydrogen (secondary N) is 2. The third kappa shape index (κ3) is 2.71. The van der Waals surface area contributed by atoms with E-state index in [1.54, 1.807) is 19.2 Å². The van der Waals surface area contributed by atoms with E-state index in [1.807, 2.05) is 6.07 Å². The molecule has 0 bridgehead atoms. The molecule has 0 aliphatic heterocycles. The molecule has 0 heterocycles. The van der Waals surface area contributed by atoms with E-state index >= 15 is 0 Å². The van der Waals surface area contributed by atoms with Gasteiger partial charge in [0.1, 0.15) is 11.4 Å². The number of hydrogen-bond acceptors (Lipinski definition) is 4. The largest absolute Gasteiger partial charge is 0.382 e. The molecule has 1 aromatic rings. The molecule has 1 aliphatic rings. The second-order valence-corrected chi connectivity index (χ2v) is 5.56. The third-order valence-electron chi connectivity index (χ3n) is 4.58. The average Bonchev–Trinajstić information content (AvgIpc) is 2.79. The number of hydrogen-bond donors (Lipinski definition) is 2. The first kappa shape index (κ1) is 14.6. The van der Waals surface area contributed by atoms with E-state index in [1.165, 1.54) is 12.8 Å². The molecule has 0 spiro atoms. The molecular weight excluding hydrogens is 254 g/mol. The summed E-state index contributed by atoms with van der Waals surface area (Å²) in [5, 5.41) is 17.6. The summed E-state index contributed by atoms with van der Waals surface area (Å²) < 4.78 is 0.